The van der Waals surface area contributed by atoms with Crippen LogP contribution in [0.4, 0.5) is 17.2 Å². The molecule has 0 radical (unpaired) electrons. The van der Waals surface area contributed by atoms with E-state index in [0.717, 1.165) is 23.3 Å². The van der Waals surface area contributed by atoms with Crippen LogP contribution in [0.3, 0.4) is 0 Å². The number of hydrogen-bond donors (Lipinski definition) is 1. The van der Waals surface area contributed by atoms with Crippen molar-refractivity contribution in [2.75, 3.05) is 10.2 Å². The van der Waals surface area contributed by atoms with Crippen molar-refractivity contribution in [1.82, 2.24) is 9.97 Å². The Morgan fingerprint density at radius 3 is 2.45 bits per heavy atom. The first-order valence-corrected chi connectivity index (χ1v) is 10.3. The van der Waals surface area contributed by atoms with E-state index in [4.69, 9.17) is 0 Å². The number of carbonyl (C=O) groups is 1. The maximum absolute atomic E-state index is 12.0. The van der Waals surface area contributed by atoms with Crippen LogP contribution in [0.1, 0.15) is 49.1 Å². The summed E-state index contributed by atoms with van der Waals surface area (Å²) < 4.78 is 0. The Labute approximate surface area is 171 Å². The zero-order valence-corrected chi connectivity index (χ0v) is 16.5. The van der Waals surface area contributed by atoms with Crippen LogP contribution in [-0.2, 0) is 11.3 Å². The summed E-state index contributed by atoms with van der Waals surface area (Å²) in [5.74, 6) is 1.33. The molecule has 0 aliphatic heterocycles. The van der Waals surface area contributed by atoms with Crippen molar-refractivity contribution in [1.29, 1.82) is 0 Å². The summed E-state index contributed by atoms with van der Waals surface area (Å²) in [5, 5.41) is 3.34. The fraction of sp³-hybridized carbons (Fsp3) is 0.292. The van der Waals surface area contributed by atoms with Gasteiger partial charge in [-0.2, -0.15) is 0 Å². The minimum Gasteiger partial charge on any atom is -0.364 e. The van der Waals surface area contributed by atoms with E-state index < -0.39 is 0 Å². The van der Waals surface area contributed by atoms with E-state index >= 15 is 0 Å². The van der Waals surface area contributed by atoms with Crippen molar-refractivity contribution in [3.8, 4) is 0 Å². The van der Waals surface area contributed by atoms with Crippen molar-refractivity contribution in [3.63, 3.8) is 0 Å². The largest absolute Gasteiger partial charge is 0.364 e. The number of anilines is 3. The third-order valence-electron chi connectivity index (χ3n) is 5.61. The van der Waals surface area contributed by atoms with Gasteiger partial charge in [-0.1, -0.05) is 31.4 Å². The van der Waals surface area contributed by atoms with Crippen molar-refractivity contribution < 1.29 is 4.79 Å². The molecule has 0 saturated heterocycles. The van der Waals surface area contributed by atoms with E-state index in [0.29, 0.717) is 18.3 Å². The highest BCUT2D eigenvalue weighted by Crippen LogP contribution is 2.35. The Balaban J connectivity index is 1.53. The van der Waals surface area contributed by atoms with E-state index in [-0.39, 0.29) is 0 Å². The number of nitrogens with one attached hydrogen (secondary N) is 1. The molecule has 0 unspecified atom stereocenters. The molecule has 3 aromatic rings. The van der Waals surface area contributed by atoms with E-state index in [9.17, 15) is 4.79 Å². The van der Waals surface area contributed by atoms with Gasteiger partial charge in [0.1, 0.15) is 0 Å². The first-order chi connectivity index (χ1) is 14.3. The Morgan fingerprint density at radius 1 is 0.966 bits per heavy atom. The molecule has 29 heavy (non-hydrogen) atoms. The number of benzene rings is 1. The number of amides is 1. The smallest absolute Gasteiger partial charge is 0.218 e. The fourth-order valence-corrected chi connectivity index (χ4v) is 4.01. The average Bonchev–Trinajstić information content (AvgIpc) is 2.81. The molecule has 2 heterocycles. The Bertz CT molecular complexity index is 921. The summed E-state index contributed by atoms with van der Waals surface area (Å²) in [6, 6.07) is 16.1. The van der Waals surface area contributed by atoms with Crippen LogP contribution < -0.4 is 10.2 Å². The molecule has 1 aliphatic carbocycles. The highest BCUT2D eigenvalue weighted by Gasteiger charge is 2.17. The Morgan fingerprint density at radius 2 is 1.72 bits per heavy atom. The van der Waals surface area contributed by atoms with Crippen molar-refractivity contribution in [2.45, 2.75) is 44.6 Å². The fourth-order valence-electron chi connectivity index (χ4n) is 4.01. The molecule has 5 heteroatoms. The molecule has 1 N–H and O–H groups in total. The topological polar surface area (TPSA) is 58.1 Å². The second-order valence-corrected chi connectivity index (χ2v) is 7.48. The maximum atomic E-state index is 12.0. The average molecular weight is 386 g/mol. The van der Waals surface area contributed by atoms with E-state index in [1.165, 1.54) is 37.7 Å². The van der Waals surface area contributed by atoms with Gasteiger partial charge in [-0.25, -0.2) is 4.98 Å². The summed E-state index contributed by atoms with van der Waals surface area (Å²) in [5.41, 5.74) is 4.06. The SMILES string of the molecule is O=CN(c1ccc(C2CCCCC2)cc1)c1cccnc1NCc1ccncc1. The van der Waals surface area contributed by atoms with Gasteiger partial charge in [0, 0.05) is 30.8 Å². The number of nitrogens with zero attached hydrogens (tertiary/aromatic N) is 3. The monoisotopic (exact) mass is 386 g/mol. The van der Waals surface area contributed by atoms with Gasteiger partial charge < -0.3 is 5.32 Å². The van der Waals surface area contributed by atoms with E-state index in [1.807, 2.05) is 36.4 Å². The highest BCUT2D eigenvalue weighted by atomic mass is 16.1. The number of pyridine rings is 2. The van der Waals surface area contributed by atoms with Crippen LogP contribution in [0.15, 0.2) is 67.1 Å². The van der Waals surface area contributed by atoms with Gasteiger partial charge in [0.15, 0.2) is 5.82 Å². The zero-order chi connectivity index (χ0) is 19.9. The van der Waals surface area contributed by atoms with Crippen LogP contribution in [0.25, 0.3) is 0 Å². The Hall–Kier alpha value is -3.21. The third kappa shape index (κ3) is 4.62. The quantitative estimate of drug-likeness (QED) is 0.550. The lowest BCUT2D eigenvalue weighted by molar-refractivity contribution is -0.106. The van der Waals surface area contributed by atoms with Crippen LogP contribution in [0, 0.1) is 0 Å². The minimum absolute atomic E-state index is 0.611. The molecule has 1 saturated carbocycles. The molecule has 4 rings (SSSR count). The molecule has 1 fully saturated rings. The highest BCUT2D eigenvalue weighted by molar-refractivity contribution is 5.90. The summed E-state index contributed by atoms with van der Waals surface area (Å²) in [7, 11) is 0. The maximum Gasteiger partial charge on any atom is 0.218 e. The predicted molar refractivity (Wildman–Crippen MR) is 116 cm³/mol. The lowest BCUT2D eigenvalue weighted by atomic mass is 9.84. The first kappa shape index (κ1) is 19.1. The molecular weight excluding hydrogens is 360 g/mol. The van der Waals surface area contributed by atoms with E-state index in [2.05, 4.69) is 27.4 Å². The summed E-state index contributed by atoms with van der Waals surface area (Å²) >= 11 is 0. The van der Waals surface area contributed by atoms with Crippen LogP contribution in [0.5, 0.6) is 0 Å². The van der Waals surface area contributed by atoms with Crippen LogP contribution >= 0.6 is 0 Å². The first-order valence-electron chi connectivity index (χ1n) is 10.3. The molecule has 0 spiro atoms. The second-order valence-electron chi connectivity index (χ2n) is 7.48. The lowest BCUT2D eigenvalue weighted by Gasteiger charge is -2.24. The molecule has 148 valence electrons. The van der Waals surface area contributed by atoms with Gasteiger partial charge in [0.05, 0.1) is 5.69 Å². The number of rotatable bonds is 7. The number of hydrogen-bond acceptors (Lipinski definition) is 4. The van der Waals surface area contributed by atoms with Gasteiger partial charge in [-0.15, -0.1) is 0 Å². The summed E-state index contributed by atoms with van der Waals surface area (Å²) in [4.78, 5) is 22.1. The third-order valence-corrected chi connectivity index (χ3v) is 5.61. The molecule has 1 amide bonds. The number of carbonyl (C=O) groups excluding carboxylic acids is 1. The van der Waals surface area contributed by atoms with E-state index in [1.54, 1.807) is 23.5 Å². The van der Waals surface area contributed by atoms with Gasteiger partial charge in [0.2, 0.25) is 6.41 Å². The van der Waals surface area contributed by atoms with Crippen LogP contribution in [0.2, 0.25) is 0 Å². The van der Waals surface area contributed by atoms with Crippen molar-refractivity contribution in [3.05, 3.63) is 78.2 Å². The molecule has 5 nitrogen and oxygen atoms in total. The van der Waals surface area contributed by atoms with Crippen molar-refractivity contribution >= 4 is 23.6 Å². The van der Waals surface area contributed by atoms with Crippen molar-refractivity contribution in [2.24, 2.45) is 0 Å². The minimum atomic E-state index is 0.611. The number of aromatic nitrogens is 2. The molecule has 0 bridgehead atoms. The molecule has 1 aromatic carbocycles. The zero-order valence-electron chi connectivity index (χ0n) is 16.5. The predicted octanol–water partition coefficient (Wildman–Crippen LogP) is 5.43. The molecule has 0 atom stereocenters. The van der Waals surface area contributed by atoms with Crippen LogP contribution in [-0.4, -0.2) is 16.4 Å². The molecular formula is C24H26N4O. The molecule has 1 aliphatic rings. The standard InChI is InChI=1S/C24H26N4O/c29-18-28(22-10-8-21(9-11-22)20-5-2-1-3-6-20)23-7-4-14-26-24(23)27-17-19-12-15-25-16-13-19/h4,7-16,18,20H,1-3,5-6,17H2,(H,26,27). The van der Waals surface area contributed by atoms with Gasteiger partial charge >= 0.3 is 0 Å². The molecule has 2 aromatic heterocycles. The van der Waals surface area contributed by atoms with Gasteiger partial charge in [-0.3, -0.25) is 14.7 Å². The van der Waals surface area contributed by atoms with Gasteiger partial charge in [0.25, 0.3) is 0 Å². The second kappa shape index (κ2) is 9.32. The normalized spacial score (nSPS) is 14.3. The van der Waals surface area contributed by atoms with Gasteiger partial charge in [-0.05, 0) is 66.3 Å². The lowest BCUT2D eigenvalue weighted by Crippen LogP contribution is -2.17. The Kier molecular flexibility index (Phi) is 6.15. The summed E-state index contributed by atoms with van der Waals surface area (Å²) in [6.07, 6.45) is 12.6. The summed E-state index contributed by atoms with van der Waals surface area (Å²) in [6.45, 7) is 0.611.